The van der Waals surface area contributed by atoms with Gasteiger partial charge in [-0.15, -0.1) is 0 Å². The van der Waals surface area contributed by atoms with E-state index in [-0.39, 0.29) is 39.9 Å². The molecule has 0 radical (unpaired) electrons. The highest BCUT2D eigenvalue weighted by Gasteiger charge is 2.34. The van der Waals surface area contributed by atoms with Gasteiger partial charge in [0.15, 0.2) is 6.10 Å². The molecule has 0 aromatic heterocycles. The van der Waals surface area contributed by atoms with Crippen molar-refractivity contribution < 1.29 is 38.5 Å². The van der Waals surface area contributed by atoms with E-state index in [9.17, 15) is 24.3 Å². The first-order valence-electron chi connectivity index (χ1n) is 14.3. The number of hydrogen-bond acceptors (Lipinski definition) is 12. The average molecular weight is 648 g/mol. The molecular formula is C31H45N5O8S. The standard InChI is InChI=1S/C31H45N5O8S/c1-15-11-20-25(36-30(40)29(45-34)19(5)32)22(37)14-21(27(20)39)35-18(4)9-8-10-23(42-6)28(44-31(33)41)17(3)13-16(2)26(38)24(12-15)43-7/h8-10,13-16,23-24,26,28,35,38H,11-12,32,34H2,1-7H3,(H2,33,41)(H,36,40)/b10-8-,17-13+,18-9+,29-19-. The minimum absolute atomic E-state index is 0.00721. The van der Waals surface area contributed by atoms with E-state index >= 15 is 0 Å². The normalized spacial score (nSPS) is 30.6. The molecule has 2 rings (SSSR count). The fourth-order valence-corrected chi connectivity index (χ4v) is 5.52. The lowest BCUT2D eigenvalue weighted by molar-refractivity contribution is -0.119. The van der Waals surface area contributed by atoms with Crippen LogP contribution in [-0.4, -0.2) is 67.3 Å². The third kappa shape index (κ3) is 10.2. The van der Waals surface area contributed by atoms with E-state index in [0.717, 1.165) is 6.08 Å². The number of primary amides is 1. The van der Waals surface area contributed by atoms with Crippen molar-refractivity contribution in [3.8, 4) is 0 Å². The van der Waals surface area contributed by atoms with Crippen LogP contribution in [0.15, 0.2) is 69.2 Å². The Labute approximate surface area is 268 Å². The fraction of sp³-hybridized carbons (Fsp3) is 0.484. The third-order valence-corrected chi connectivity index (χ3v) is 8.18. The predicted octanol–water partition coefficient (Wildman–Crippen LogP) is 2.11. The second-order valence-electron chi connectivity index (χ2n) is 11.2. The molecule has 6 atom stereocenters. The van der Waals surface area contributed by atoms with Crippen LogP contribution in [0.3, 0.4) is 0 Å². The van der Waals surface area contributed by atoms with Crippen molar-refractivity contribution in [2.75, 3.05) is 14.2 Å². The quantitative estimate of drug-likeness (QED) is 0.106. The van der Waals surface area contributed by atoms with Crippen LogP contribution in [0.2, 0.25) is 0 Å². The second-order valence-corrected chi connectivity index (χ2v) is 11.8. The summed E-state index contributed by atoms with van der Waals surface area (Å²) in [6, 6.07) is 0. The summed E-state index contributed by atoms with van der Waals surface area (Å²) in [5, 5.41) is 22.4. The highest BCUT2D eigenvalue weighted by molar-refractivity contribution is 8.01. The second kappa shape index (κ2) is 17.1. The highest BCUT2D eigenvalue weighted by Crippen LogP contribution is 2.29. The Balaban J connectivity index is 2.66. The molecule has 0 fully saturated rings. The number of carbonyl (C=O) groups is 4. The summed E-state index contributed by atoms with van der Waals surface area (Å²) >= 11 is 0.633. The molecule has 2 bridgehead atoms. The number of nitrogens with two attached hydrogens (primary N) is 3. The van der Waals surface area contributed by atoms with E-state index in [0.29, 0.717) is 29.6 Å². The monoisotopic (exact) mass is 647 g/mol. The van der Waals surface area contributed by atoms with Crippen LogP contribution in [0.5, 0.6) is 0 Å². The Morgan fingerprint density at radius 2 is 1.80 bits per heavy atom. The van der Waals surface area contributed by atoms with Crippen molar-refractivity contribution in [1.82, 2.24) is 10.6 Å². The number of Topliss-reactive ketones (excluding diaryl/α,β-unsaturated/α-hetero) is 1. The third-order valence-electron chi connectivity index (χ3n) is 7.44. The Kier molecular flexibility index (Phi) is 14.3. The van der Waals surface area contributed by atoms with Gasteiger partial charge in [0, 0.05) is 43.2 Å². The summed E-state index contributed by atoms with van der Waals surface area (Å²) < 4.78 is 16.6. The van der Waals surface area contributed by atoms with Crippen LogP contribution in [0.4, 0.5) is 4.79 Å². The molecule has 2 amide bonds. The summed E-state index contributed by atoms with van der Waals surface area (Å²) in [5.41, 5.74) is 12.3. The highest BCUT2D eigenvalue weighted by atomic mass is 32.2. The molecule has 45 heavy (non-hydrogen) atoms. The molecule has 14 heteroatoms. The molecule has 0 aromatic rings. The van der Waals surface area contributed by atoms with Crippen molar-refractivity contribution in [2.24, 2.45) is 28.4 Å². The Bertz CT molecular complexity index is 1340. The molecule has 9 N–H and O–H groups in total. The smallest absolute Gasteiger partial charge is 0.405 e. The minimum atomic E-state index is -1.00. The van der Waals surface area contributed by atoms with Crippen molar-refractivity contribution in [1.29, 1.82) is 0 Å². The molecule has 1 aliphatic carbocycles. The van der Waals surface area contributed by atoms with Crippen LogP contribution in [-0.2, 0) is 28.6 Å². The predicted molar refractivity (Wildman–Crippen MR) is 171 cm³/mol. The van der Waals surface area contributed by atoms with Gasteiger partial charge in [-0.25, -0.2) is 4.79 Å². The van der Waals surface area contributed by atoms with Crippen LogP contribution >= 0.6 is 11.9 Å². The van der Waals surface area contributed by atoms with Crippen molar-refractivity contribution >= 4 is 35.5 Å². The van der Waals surface area contributed by atoms with E-state index < -0.39 is 53.9 Å². The first-order valence-corrected chi connectivity index (χ1v) is 15.2. The zero-order valence-corrected chi connectivity index (χ0v) is 27.5. The summed E-state index contributed by atoms with van der Waals surface area (Å²) in [5.74, 6) is -2.55. The first kappa shape index (κ1) is 37.5. The zero-order chi connectivity index (χ0) is 34.0. The van der Waals surface area contributed by atoms with E-state index in [2.05, 4.69) is 10.6 Å². The van der Waals surface area contributed by atoms with Gasteiger partial charge < -0.3 is 41.4 Å². The topological polar surface area (TPSA) is 218 Å². The zero-order valence-electron chi connectivity index (χ0n) is 26.7. The van der Waals surface area contributed by atoms with Crippen LogP contribution < -0.4 is 27.2 Å². The van der Waals surface area contributed by atoms with Gasteiger partial charge in [0.1, 0.15) is 11.0 Å². The van der Waals surface area contributed by atoms with Gasteiger partial charge in [-0.05, 0) is 63.1 Å². The minimum Gasteiger partial charge on any atom is -0.439 e. The molecule has 13 nitrogen and oxygen atoms in total. The number of carbonyl (C=O) groups excluding carboxylic acids is 4. The Morgan fingerprint density at radius 3 is 2.36 bits per heavy atom. The van der Waals surface area contributed by atoms with Crippen molar-refractivity contribution in [2.45, 2.75) is 71.9 Å². The number of aliphatic hydroxyl groups excluding tert-OH is 1. The number of nitrogens with one attached hydrogen (secondary N) is 2. The molecule has 0 saturated carbocycles. The number of aliphatic hydroxyl groups is 1. The van der Waals surface area contributed by atoms with Crippen molar-refractivity contribution in [3.05, 3.63) is 69.2 Å². The van der Waals surface area contributed by atoms with Gasteiger partial charge in [-0.2, -0.15) is 0 Å². The van der Waals surface area contributed by atoms with Crippen LogP contribution in [0.25, 0.3) is 0 Å². The lowest BCUT2D eigenvalue weighted by atomic mass is 9.85. The number of allylic oxidation sites excluding steroid dienone is 6. The van der Waals surface area contributed by atoms with Gasteiger partial charge in [0.25, 0.3) is 5.91 Å². The number of rotatable bonds is 6. The lowest BCUT2D eigenvalue weighted by Crippen LogP contribution is -2.38. The summed E-state index contributed by atoms with van der Waals surface area (Å²) in [4.78, 5) is 51.9. The van der Waals surface area contributed by atoms with Gasteiger partial charge in [-0.3, -0.25) is 19.5 Å². The molecule has 0 aromatic carbocycles. The number of amides is 2. The maximum absolute atomic E-state index is 13.8. The lowest BCUT2D eigenvalue weighted by Gasteiger charge is -2.30. The molecule has 248 valence electrons. The van der Waals surface area contributed by atoms with Gasteiger partial charge in [-0.1, -0.05) is 32.1 Å². The first-order chi connectivity index (χ1) is 21.1. The fourth-order valence-electron chi connectivity index (χ4n) is 5.18. The van der Waals surface area contributed by atoms with Crippen LogP contribution in [0, 0.1) is 11.8 Å². The Hall–Kier alpha value is -3.69. The van der Waals surface area contributed by atoms with Gasteiger partial charge >= 0.3 is 6.09 Å². The van der Waals surface area contributed by atoms with E-state index in [4.69, 9.17) is 30.8 Å². The number of hydrogen-bond donors (Lipinski definition) is 6. The number of fused-ring (bicyclic) bond motifs is 2. The average Bonchev–Trinajstić information content (AvgIpc) is 2.96. The number of ketones is 2. The van der Waals surface area contributed by atoms with E-state index in [1.54, 1.807) is 45.1 Å². The maximum atomic E-state index is 13.8. The molecular weight excluding hydrogens is 602 g/mol. The number of methoxy groups -OCH3 is 2. The molecule has 1 heterocycles. The summed E-state index contributed by atoms with van der Waals surface area (Å²) in [6.45, 7) is 8.57. The maximum Gasteiger partial charge on any atom is 0.405 e. The van der Waals surface area contributed by atoms with E-state index in [1.165, 1.54) is 21.1 Å². The SMILES string of the molecule is COC1/C=C\C=C(/C)NC2=CC(=O)C(NC(=O)/C(SN)=C(\C)N)=C(CC(C)CC(OC)C(O)C(C)/C=C(\C)C1OC(N)=O)C2=O. The van der Waals surface area contributed by atoms with Crippen molar-refractivity contribution in [3.63, 3.8) is 0 Å². The summed E-state index contributed by atoms with van der Waals surface area (Å²) in [7, 11) is 2.91. The number of ether oxygens (including phenoxy) is 3. The molecule has 6 unspecified atom stereocenters. The molecule has 2 aliphatic rings. The van der Waals surface area contributed by atoms with Gasteiger partial charge in [0.05, 0.1) is 23.6 Å². The van der Waals surface area contributed by atoms with Crippen LogP contribution in [0.1, 0.15) is 47.5 Å². The summed E-state index contributed by atoms with van der Waals surface area (Å²) in [6.07, 6.45) is 3.86. The largest absolute Gasteiger partial charge is 0.439 e. The van der Waals surface area contributed by atoms with Gasteiger partial charge in [0.2, 0.25) is 11.6 Å². The Morgan fingerprint density at radius 1 is 1.13 bits per heavy atom. The molecule has 1 aliphatic heterocycles. The molecule has 0 saturated heterocycles. The van der Waals surface area contributed by atoms with E-state index in [1.807, 2.05) is 6.92 Å². The molecule has 0 spiro atoms.